The Kier molecular flexibility index (Phi) is 10.4. The molecule has 0 spiro atoms. The van der Waals surface area contributed by atoms with Crippen LogP contribution in [0.3, 0.4) is 0 Å². The maximum absolute atomic E-state index is 16.7. The van der Waals surface area contributed by atoms with Gasteiger partial charge in [-0.25, -0.2) is 26.7 Å². The second-order valence-electron chi connectivity index (χ2n) is 14.6. The number of aromatic nitrogens is 3. The molecule has 5 heterocycles. The summed E-state index contributed by atoms with van der Waals surface area (Å²) < 4.78 is 96.5. The number of halogens is 5. The van der Waals surface area contributed by atoms with E-state index in [4.69, 9.17) is 18.9 Å². The van der Waals surface area contributed by atoms with Crippen LogP contribution in [0.15, 0.2) is 35.3 Å². The Morgan fingerprint density at radius 2 is 2.00 bits per heavy atom. The number of rotatable bonds is 12. The van der Waals surface area contributed by atoms with Gasteiger partial charge in [0.05, 0.1) is 29.6 Å². The highest BCUT2D eigenvalue weighted by atomic mass is 19.3. The number of fused-ring (bicyclic) bond motifs is 3. The molecule has 0 bridgehead atoms. The minimum Gasteiger partial charge on any atom is -0.468 e. The molecule has 7 rings (SSSR count). The van der Waals surface area contributed by atoms with Crippen LogP contribution in [-0.4, -0.2) is 102 Å². The Morgan fingerprint density at radius 3 is 2.80 bits per heavy atom. The van der Waals surface area contributed by atoms with Crippen LogP contribution in [-0.2, 0) is 15.9 Å². The maximum atomic E-state index is 16.7. The third kappa shape index (κ3) is 7.66. The third-order valence-electron chi connectivity index (χ3n) is 10.4. The average Bonchev–Trinajstić information content (AvgIpc) is 3.64. The second kappa shape index (κ2) is 14.9. The van der Waals surface area contributed by atoms with Crippen LogP contribution in [0.25, 0.3) is 32.9 Å². The number of H-pyrrole nitrogens is 1. The Balaban J connectivity index is 1.18. The zero-order chi connectivity index (χ0) is 38.3. The summed E-state index contributed by atoms with van der Waals surface area (Å²) in [7, 11) is 1.43. The maximum Gasteiger partial charge on any atom is 0.407 e. The Morgan fingerprint density at radius 1 is 1.17 bits per heavy atom. The van der Waals surface area contributed by atoms with Gasteiger partial charge in [-0.1, -0.05) is 6.07 Å². The lowest BCUT2D eigenvalue weighted by Gasteiger charge is -2.38. The van der Waals surface area contributed by atoms with Gasteiger partial charge in [0, 0.05) is 44.8 Å². The molecule has 54 heavy (non-hydrogen) atoms. The molecule has 3 fully saturated rings. The van der Waals surface area contributed by atoms with E-state index < -0.39 is 59.4 Å². The molecule has 3 aliphatic rings. The van der Waals surface area contributed by atoms with Crippen molar-refractivity contribution in [1.29, 1.82) is 0 Å². The topological polar surface area (TPSA) is 140 Å². The van der Waals surface area contributed by atoms with Crippen molar-refractivity contribution in [3.05, 3.63) is 58.0 Å². The second-order valence-corrected chi connectivity index (χ2v) is 14.6. The number of alkyl carbamates (subject to hydrolysis) is 1. The molecule has 3 atom stereocenters. The fourth-order valence-electron chi connectivity index (χ4n) is 8.09. The average molecular weight is 761 g/mol. The number of methoxy groups -OCH3 is 1. The number of alkyl halides is 3. The van der Waals surface area contributed by atoms with Gasteiger partial charge in [-0.15, -0.1) is 0 Å². The number of amides is 1. The van der Waals surface area contributed by atoms with Gasteiger partial charge in [0.25, 0.3) is 17.5 Å². The predicted molar refractivity (Wildman–Crippen MR) is 188 cm³/mol. The van der Waals surface area contributed by atoms with E-state index in [1.807, 2.05) is 4.90 Å². The fourth-order valence-corrected chi connectivity index (χ4v) is 8.09. The Labute approximate surface area is 306 Å². The summed E-state index contributed by atoms with van der Waals surface area (Å²) in [5, 5.41) is 5.73. The highest BCUT2D eigenvalue weighted by Gasteiger charge is 2.49. The summed E-state index contributed by atoms with van der Waals surface area (Å²) in [6, 6.07) is 5.63. The molecule has 290 valence electrons. The molecular formula is C37H41F5N6O6. The number of aryl methyl sites for hydroxylation is 1. The molecule has 2 aromatic heterocycles. The van der Waals surface area contributed by atoms with Gasteiger partial charge in [-0.3, -0.25) is 19.7 Å². The number of pyridine rings is 1. The van der Waals surface area contributed by atoms with E-state index in [1.54, 1.807) is 6.07 Å². The molecule has 0 radical (unpaired) electrons. The van der Waals surface area contributed by atoms with Crippen molar-refractivity contribution >= 4 is 27.8 Å². The quantitative estimate of drug-likeness (QED) is 0.0978. The van der Waals surface area contributed by atoms with Crippen LogP contribution < -0.4 is 25.7 Å². The van der Waals surface area contributed by atoms with Gasteiger partial charge < -0.3 is 29.6 Å². The van der Waals surface area contributed by atoms with Crippen molar-refractivity contribution in [1.82, 2.24) is 30.5 Å². The summed E-state index contributed by atoms with van der Waals surface area (Å²) in [5.74, 6) is -4.31. The summed E-state index contributed by atoms with van der Waals surface area (Å²) in [5.41, 5.74) is -2.73. The molecule has 4 aromatic rings. The number of hydrogen-bond donors (Lipinski definition) is 3. The van der Waals surface area contributed by atoms with E-state index in [9.17, 15) is 22.8 Å². The molecule has 0 saturated carbocycles. The first-order valence-corrected chi connectivity index (χ1v) is 17.8. The van der Waals surface area contributed by atoms with Gasteiger partial charge in [-0.05, 0) is 73.7 Å². The molecule has 3 aliphatic heterocycles. The zero-order valence-electron chi connectivity index (χ0n) is 29.8. The summed E-state index contributed by atoms with van der Waals surface area (Å²) >= 11 is 0. The lowest BCUT2D eigenvalue weighted by molar-refractivity contribution is -0.0490. The van der Waals surface area contributed by atoms with Gasteiger partial charge in [0.15, 0.2) is 12.6 Å². The predicted octanol–water partition coefficient (Wildman–Crippen LogP) is 5.40. The van der Waals surface area contributed by atoms with Crippen LogP contribution in [0.1, 0.15) is 44.6 Å². The molecule has 12 nitrogen and oxygen atoms in total. The largest absolute Gasteiger partial charge is 0.468 e. The minimum absolute atomic E-state index is 0.0300. The van der Waals surface area contributed by atoms with E-state index in [1.165, 1.54) is 38.4 Å². The molecule has 2 aromatic carbocycles. The molecule has 1 unspecified atom stereocenters. The van der Waals surface area contributed by atoms with E-state index >= 15 is 8.78 Å². The van der Waals surface area contributed by atoms with E-state index in [0.717, 1.165) is 19.4 Å². The number of hydrogen-bond acceptors (Lipinski definition) is 10. The molecule has 3 saturated heterocycles. The standard InChI is InChI=1S/C37H41F5N6O6/c1-35(16-37(41,42)18-43-17-35)47-34(50)52-10-3-5-24-27(39)7-6-21-11-23(54-20-51-2)12-25(28(21)24)30-29(40)31-26(14-44-30)32(49)46-33(45-31)53-19-36-8-4-9-48(36)15-22(38)13-36/h6-7,11-12,14,22,43H,3-5,8-10,13,15-20H2,1-2H3,(H,47,50)(H,45,46,49)/t22-,35?,36+/m1/s1. The van der Waals surface area contributed by atoms with Crippen LogP contribution in [0, 0.1) is 11.6 Å². The van der Waals surface area contributed by atoms with Crippen molar-refractivity contribution in [2.75, 3.05) is 53.3 Å². The Bertz CT molecular complexity index is 2120. The smallest absolute Gasteiger partial charge is 0.407 e. The molecule has 0 aliphatic carbocycles. The van der Waals surface area contributed by atoms with Gasteiger partial charge in [-0.2, -0.15) is 4.98 Å². The number of aromatic amines is 1. The zero-order valence-corrected chi connectivity index (χ0v) is 29.8. The number of benzene rings is 2. The first-order chi connectivity index (χ1) is 25.8. The highest BCUT2D eigenvalue weighted by Crippen LogP contribution is 2.41. The van der Waals surface area contributed by atoms with Crippen molar-refractivity contribution in [3.8, 4) is 23.0 Å². The van der Waals surface area contributed by atoms with Crippen molar-refractivity contribution in [3.63, 3.8) is 0 Å². The molecule has 1 amide bonds. The lowest BCUT2D eigenvalue weighted by atomic mass is 9.90. The summed E-state index contributed by atoms with van der Waals surface area (Å²) in [6.45, 7) is 1.94. The molecule has 3 N–H and O–H groups in total. The van der Waals surface area contributed by atoms with Crippen LogP contribution in [0.2, 0.25) is 0 Å². The minimum atomic E-state index is -2.99. The number of ether oxygens (including phenoxy) is 4. The van der Waals surface area contributed by atoms with Gasteiger partial charge in [0.1, 0.15) is 35.6 Å². The summed E-state index contributed by atoms with van der Waals surface area (Å²) in [6.07, 6.45) is 0.788. The SMILES string of the molecule is COCOc1cc(-c2ncc3c(=O)[nH]c(OC[C@@]45CCCN4C[C@H](F)C5)nc3c2F)c2c(CCCOC(=O)NC3(C)CNCC(F)(F)C3)c(F)ccc2c1. The molecular weight excluding hydrogens is 719 g/mol. The molecule has 17 heteroatoms. The number of carbonyl (C=O) groups excluding carboxylic acids is 1. The number of nitrogens with zero attached hydrogens (tertiary/aromatic N) is 3. The van der Waals surface area contributed by atoms with Crippen molar-refractivity contribution in [2.45, 2.75) is 68.6 Å². The fraction of sp³-hybridized carbons (Fsp3) is 0.514. The normalized spacial score (nSPS) is 23.8. The Hall–Kier alpha value is -4.61. The van der Waals surface area contributed by atoms with E-state index in [-0.39, 0.29) is 78.9 Å². The number of piperidine rings is 1. The van der Waals surface area contributed by atoms with Gasteiger partial charge in [0.2, 0.25) is 0 Å². The third-order valence-corrected chi connectivity index (χ3v) is 10.4. The van der Waals surface area contributed by atoms with Crippen LogP contribution in [0.5, 0.6) is 11.8 Å². The first kappa shape index (κ1) is 37.7. The van der Waals surface area contributed by atoms with Crippen LogP contribution >= 0.6 is 0 Å². The lowest BCUT2D eigenvalue weighted by Crippen LogP contribution is -2.61. The number of carbonyl (C=O) groups is 1. The van der Waals surface area contributed by atoms with Crippen molar-refractivity contribution in [2.24, 2.45) is 0 Å². The van der Waals surface area contributed by atoms with Crippen LogP contribution in [0.4, 0.5) is 26.7 Å². The summed E-state index contributed by atoms with van der Waals surface area (Å²) in [4.78, 5) is 38.8. The highest BCUT2D eigenvalue weighted by molar-refractivity contribution is 6.01. The van der Waals surface area contributed by atoms with E-state index in [2.05, 4.69) is 25.6 Å². The monoisotopic (exact) mass is 760 g/mol. The first-order valence-electron chi connectivity index (χ1n) is 17.8. The van der Waals surface area contributed by atoms with Gasteiger partial charge >= 0.3 is 6.09 Å². The van der Waals surface area contributed by atoms with Crippen molar-refractivity contribution < 1.29 is 45.7 Å². The van der Waals surface area contributed by atoms with E-state index in [0.29, 0.717) is 23.7 Å². The number of nitrogens with one attached hydrogen (secondary N) is 3.